The molecule has 0 spiro atoms. The Kier molecular flexibility index (Phi) is 3.64. The van der Waals surface area contributed by atoms with E-state index >= 15 is 0 Å². The Morgan fingerprint density at radius 3 is 2.76 bits per heavy atom. The van der Waals surface area contributed by atoms with Gasteiger partial charge >= 0.3 is 0 Å². The smallest absolute Gasteiger partial charge is 0.140 e. The van der Waals surface area contributed by atoms with E-state index in [2.05, 4.69) is 30.1 Å². The van der Waals surface area contributed by atoms with Crippen LogP contribution in [-0.4, -0.2) is 10.1 Å². The maximum Gasteiger partial charge on any atom is 0.140 e. The lowest BCUT2D eigenvalue weighted by molar-refractivity contribution is 0.288. The number of H-pyrrole nitrogens is 1. The standard InChI is InChI=1S/C16H17ClN2O2/c1-9(2)14-6-11-5-13(17)16(7-15(11)18-14)20-8-12-4-10(3)21-19-12/h4-7,9,18H,8H2,1-3H3. The number of hydrogen-bond acceptors (Lipinski definition) is 3. The van der Waals surface area contributed by atoms with Gasteiger partial charge in [-0.2, -0.15) is 0 Å². The molecule has 0 aliphatic rings. The minimum atomic E-state index is 0.334. The van der Waals surface area contributed by atoms with Crippen molar-refractivity contribution in [3.63, 3.8) is 0 Å². The van der Waals surface area contributed by atoms with Crippen LogP contribution in [0.25, 0.3) is 10.9 Å². The molecule has 0 atom stereocenters. The largest absolute Gasteiger partial charge is 0.486 e. The molecule has 0 fully saturated rings. The van der Waals surface area contributed by atoms with Crippen molar-refractivity contribution < 1.29 is 9.26 Å². The van der Waals surface area contributed by atoms with E-state index in [1.807, 2.05) is 25.1 Å². The summed E-state index contributed by atoms with van der Waals surface area (Å²) in [4.78, 5) is 3.39. The monoisotopic (exact) mass is 304 g/mol. The lowest BCUT2D eigenvalue weighted by atomic mass is 10.1. The number of hydrogen-bond donors (Lipinski definition) is 1. The van der Waals surface area contributed by atoms with Crippen molar-refractivity contribution in [2.24, 2.45) is 0 Å². The zero-order chi connectivity index (χ0) is 15.0. The van der Waals surface area contributed by atoms with Crippen LogP contribution in [-0.2, 0) is 6.61 Å². The number of fused-ring (bicyclic) bond motifs is 1. The van der Waals surface area contributed by atoms with Gasteiger partial charge in [-0.3, -0.25) is 0 Å². The fourth-order valence-corrected chi connectivity index (χ4v) is 2.44. The van der Waals surface area contributed by atoms with Gasteiger partial charge in [-0.05, 0) is 25.0 Å². The zero-order valence-electron chi connectivity index (χ0n) is 12.2. The van der Waals surface area contributed by atoms with Crippen LogP contribution in [0.15, 0.2) is 28.8 Å². The summed E-state index contributed by atoms with van der Waals surface area (Å²) in [6.45, 7) is 6.48. The van der Waals surface area contributed by atoms with Crippen LogP contribution in [0.3, 0.4) is 0 Å². The number of nitrogens with one attached hydrogen (secondary N) is 1. The zero-order valence-corrected chi connectivity index (χ0v) is 13.0. The Morgan fingerprint density at radius 1 is 1.29 bits per heavy atom. The van der Waals surface area contributed by atoms with Crippen LogP contribution in [0, 0.1) is 6.92 Å². The Labute approximate surface area is 128 Å². The molecular weight excluding hydrogens is 288 g/mol. The lowest BCUT2D eigenvalue weighted by Crippen LogP contribution is -1.96. The molecule has 0 aliphatic heterocycles. The molecule has 3 rings (SSSR count). The Hall–Kier alpha value is -1.94. The number of aromatic nitrogens is 2. The Bertz CT molecular complexity index is 774. The predicted molar refractivity (Wildman–Crippen MR) is 83.0 cm³/mol. The fourth-order valence-electron chi connectivity index (χ4n) is 2.21. The second-order valence-corrected chi connectivity index (χ2v) is 5.87. The average Bonchev–Trinajstić information content (AvgIpc) is 3.02. The fraction of sp³-hybridized carbons (Fsp3) is 0.312. The highest BCUT2D eigenvalue weighted by Crippen LogP contribution is 2.32. The van der Waals surface area contributed by atoms with Gasteiger partial charge in [-0.1, -0.05) is 30.6 Å². The summed E-state index contributed by atoms with van der Waals surface area (Å²) in [5, 5.41) is 5.58. The van der Waals surface area contributed by atoms with Crippen molar-refractivity contribution in [1.82, 2.24) is 10.1 Å². The third-order valence-electron chi connectivity index (χ3n) is 3.37. The minimum absolute atomic E-state index is 0.334. The van der Waals surface area contributed by atoms with Crippen LogP contribution in [0.2, 0.25) is 5.02 Å². The minimum Gasteiger partial charge on any atom is -0.486 e. The molecular formula is C16H17ClN2O2. The maximum absolute atomic E-state index is 6.28. The molecule has 2 aromatic heterocycles. The van der Waals surface area contributed by atoms with Gasteiger partial charge in [0.2, 0.25) is 0 Å². The van der Waals surface area contributed by atoms with E-state index in [4.69, 9.17) is 20.9 Å². The van der Waals surface area contributed by atoms with E-state index < -0.39 is 0 Å². The molecule has 4 nitrogen and oxygen atoms in total. The van der Waals surface area contributed by atoms with Crippen molar-refractivity contribution in [2.75, 3.05) is 0 Å². The molecule has 0 saturated heterocycles. The summed E-state index contributed by atoms with van der Waals surface area (Å²) in [7, 11) is 0. The van der Waals surface area contributed by atoms with Gasteiger partial charge in [0.05, 0.1) is 5.02 Å². The first kappa shape index (κ1) is 14.0. The maximum atomic E-state index is 6.28. The third kappa shape index (κ3) is 2.90. The molecule has 0 bridgehead atoms. The van der Waals surface area contributed by atoms with E-state index in [1.165, 1.54) is 5.69 Å². The molecule has 3 aromatic rings. The number of aromatic amines is 1. The quantitative estimate of drug-likeness (QED) is 0.751. The van der Waals surface area contributed by atoms with Crippen molar-refractivity contribution in [1.29, 1.82) is 0 Å². The van der Waals surface area contributed by atoms with Gasteiger partial charge in [-0.15, -0.1) is 0 Å². The van der Waals surface area contributed by atoms with Gasteiger partial charge in [0.15, 0.2) is 0 Å². The first-order valence-electron chi connectivity index (χ1n) is 6.90. The molecule has 110 valence electrons. The van der Waals surface area contributed by atoms with Crippen LogP contribution >= 0.6 is 11.6 Å². The third-order valence-corrected chi connectivity index (χ3v) is 3.66. The topological polar surface area (TPSA) is 51.0 Å². The first-order chi connectivity index (χ1) is 10.0. The summed E-state index contributed by atoms with van der Waals surface area (Å²) in [5.41, 5.74) is 2.96. The van der Waals surface area contributed by atoms with Crippen LogP contribution in [0.4, 0.5) is 0 Å². The van der Waals surface area contributed by atoms with Crippen LogP contribution in [0.1, 0.15) is 36.9 Å². The van der Waals surface area contributed by atoms with Gasteiger partial charge in [0, 0.05) is 28.7 Å². The van der Waals surface area contributed by atoms with Crippen molar-refractivity contribution in [3.05, 3.63) is 46.4 Å². The summed E-state index contributed by atoms with van der Waals surface area (Å²) in [6.07, 6.45) is 0. The number of rotatable bonds is 4. The van der Waals surface area contributed by atoms with E-state index in [0.717, 1.165) is 22.4 Å². The highest BCUT2D eigenvalue weighted by molar-refractivity contribution is 6.32. The summed E-state index contributed by atoms with van der Waals surface area (Å²) in [5.74, 6) is 1.85. The second-order valence-electron chi connectivity index (χ2n) is 5.47. The van der Waals surface area contributed by atoms with Crippen molar-refractivity contribution >= 4 is 22.5 Å². The number of benzene rings is 1. The molecule has 21 heavy (non-hydrogen) atoms. The second kappa shape index (κ2) is 5.45. The number of ether oxygens (including phenoxy) is 1. The van der Waals surface area contributed by atoms with E-state index in [-0.39, 0.29) is 0 Å². The van der Waals surface area contributed by atoms with Crippen molar-refractivity contribution in [3.8, 4) is 5.75 Å². The molecule has 1 N–H and O–H groups in total. The number of halogens is 1. The van der Waals surface area contributed by atoms with Crippen LogP contribution < -0.4 is 4.74 Å². The molecule has 0 unspecified atom stereocenters. The van der Waals surface area contributed by atoms with E-state index in [0.29, 0.717) is 23.3 Å². The molecule has 0 saturated carbocycles. The lowest BCUT2D eigenvalue weighted by Gasteiger charge is -2.06. The molecule has 1 aromatic carbocycles. The van der Waals surface area contributed by atoms with Crippen molar-refractivity contribution in [2.45, 2.75) is 33.3 Å². The molecule has 0 radical (unpaired) electrons. The number of aryl methyl sites for hydroxylation is 1. The van der Waals surface area contributed by atoms with Gasteiger partial charge in [-0.25, -0.2) is 0 Å². The molecule has 2 heterocycles. The van der Waals surface area contributed by atoms with Gasteiger partial charge in [0.1, 0.15) is 23.8 Å². The Balaban J connectivity index is 1.86. The molecule has 5 heteroatoms. The normalized spacial score (nSPS) is 11.5. The highest BCUT2D eigenvalue weighted by atomic mass is 35.5. The predicted octanol–water partition coefficient (Wildman–Crippen LogP) is 4.82. The average molecular weight is 305 g/mol. The summed E-state index contributed by atoms with van der Waals surface area (Å²) >= 11 is 6.28. The van der Waals surface area contributed by atoms with Crippen LogP contribution in [0.5, 0.6) is 5.75 Å². The van der Waals surface area contributed by atoms with Gasteiger partial charge < -0.3 is 14.2 Å². The molecule has 0 amide bonds. The Morgan fingerprint density at radius 2 is 2.10 bits per heavy atom. The summed E-state index contributed by atoms with van der Waals surface area (Å²) in [6, 6.07) is 7.81. The molecule has 0 aliphatic carbocycles. The first-order valence-corrected chi connectivity index (χ1v) is 7.28. The number of nitrogens with zero attached hydrogens (tertiary/aromatic N) is 1. The van der Waals surface area contributed by atoms with Gasteiger partial charge in [0.25, 0.3) is 0 Å². The SMILES string of the molecule is Cc1cc(COc2cc3[nH]c(C(C)C)cc3cc2Cl)no1. The van der Waals surface area contributed by atoms with E-state index in [1.54, 1.807) is 0 Å². The highest BCUT2D eigenvalue weighted by Gasteiger charge is 2.10. The van der Waals surface area contributed by atoms with E-state index in [9.17, 15) is 0 Å². The summed E-state index contributed by atoms with van der Waals surface area (Å²) < 4.78 is 10.8.